The second kappa shape index (κ2) is 4.90. The summed E-state index contributed by atoms with van der Waals surface area (Å²) in [4.78, 5) is 11.8. The van der Waals surface area contributed by atoms with Crippen molar-refractivity contribution in [2.75, 3.05) is 11.5 Å². The van der Waals surface area contributed by atoms with Crippen LogP contribution in [0, 0.1) is 0 Å². The minimum absolute atomic E-state index is 0.0231. The van der Waals surface area contributed by atoms with Crippen LogP contribution in [0.5, 0.6) is 0 Å². The predicted octanol–water partition coefficient (Wildman–Crippen LogP) is 2.58. The number of hydrogen-bond donors (Lipinski definition) is 1. The molecule has 2 nitrogen and oxygen atoms in total. The van der Waals surface area contributed by atoms with Gasteiger partial charge < -0.3 is 5.32 Å². The maximum atomic E-state index is 11.8. The zero-order valence-corrected chi connectivity index (χ0v) is 9.77. The van der Waals surface area contributed by atoms with Crippen LogP contribution in [0.25, 0.3) is 0 Å². The highest BCUT2D eigenvalue weighted by Crippen LogP contribution is 2.18. The van der Waals surface area contributed by atoms with E-state index >= 15 is 0 Å². The van der Waals surface area contributed by atoms with Gasteiger partial charge in [0.2, 0.25) is 0 Å². The summed E-state index contributed by atoms with van der Waals surface area (Å²) in [6, 6.07) is 7.36. The van der Waals surface area contributed by atoms with Gasteiger partial charge in [-0.3, -0.25) is 4.79 Å². The second-order valence-electron chi connectivity index (χ2n) is 3.54. The Morgan fingerprint density at radius 2 is 2.40 bits per heavy atom. The molecule has 1 aliphatic rings. The van der Waals surface area contributed by atoms with Crippen molar-refractivity contribution in [3.63, 3.8) is 0 Å². The summed E-state index contributed by atoms with van der Waals surface area (Å²) in [5, 5.41) is 3.60. The SMILES string of the molecule is O=C(N[C@@H]1CCSC1)c1cccc(Cl)c1. The van der Waals surface area contributed by atoms with Gasteiger partial charge in [-0.25, -0.2) is 0 Å². The molecular formula is C11H12ClNOS. The van der Waals surface area contributed by atoms with Crippen LogP contribution in [0.2, 0.25) is 5.02 Å². The Kier molecular flexibility index (Phi) is 3.54. The van der Waals surface area contributed by atoms with Gasteiger partial charge in [0.05, 0.1) is 0 Å². The number of hydrogen-bond acceptors (Lipinski definition) is 2. The fourth-order valence-electron chi connectivity index (χ4n) is 1.55. The normalized spacial score (nSPS) is 20.2. The molecule has 0 aliphatic carbocycles. The van der Waals surface area contributed by atoms with Crippen LogP contribution in [0.4, 0.5) is 0 Å². The highest BCUT2D eigenvalue weighted by Gasteiger charge is 2.18. The van der Waals surface area contributed by atoms with Crippen molar-refractivity contribution >= 4 is 29.3 Å². The molecule has 2 rings (SSSR count). The summed E-state index contributed by atoms with van der Waals surface area (Å²) < 4.78 is 0. The Hall–Kier alpha value is -0.670. The van der Waals surface area contributed by atoms with E-state index in [1.54, 1.807) is 24.3 Å². The van der Waals surface area contributed by atoms with Crippen molar-refractivity contribution in [3.8, 4) is 0 Å². The van der Waals surface area contributed by atoms with Crippen LogP contribution >= 0.6 is 23.4 Å². The molecule has 0 bridgehead atoms. The monoisotopic (exact) mass is 241 g/mol. The molecule has 1 aromatic carbocycles. The van der Waals surface area contributed by atoms with E-state index in [9.17, 15) is 4.79 Å². The highest BCUT2D eigenvalue weighted by molar-refractivity contribution is 7.99. The minimum Gasteiger partial charge on any atom is -0.348 e. The first kappa shape index (κ1) is 10.8. The van der Waals surface area contributed by atoms with Crippen molar-refractivity contribution in [1.82, 2.24) is 5.32 Å². The number of rotatable bonds is 2. The summed E-state index contributed by atoms with van der Waals surface area (Å²) >= 11 is 7.70. The van der Waals surface area contributed by atoms with Crippen LogP contribution in [0.15, 0.2) is 24.3 Å². The molecule has 1 atom stereocenters. The van der Waals surface area contributed by atoms with Gasteiger partial charge in [0.1, 0.15) is 0 Å². The number of nitrogens with one attached hydrogen (secondary N) is 1. The third-order valence-corrected chi connectivity index (χ3v) is 3.75. The Bertz CT molecular complexity index is 363. The first-order chi connectivity index (χ1) is 7.25. The van der Waals surface area contributed by atoms with Gasteiger partial charge in [0.15, 0.2) is 0 Å². The molecule has 0 spiro atoms. The van der Waals surface area contributed by atoms with Crippen molar-refractivity contribution < 1.29 is 4.79 Å². The van der Waals surface area contributed by atoms with E-state index in [1.807, 2.05) is 11.8 Å². The summed E-state index contributed by atoms with van der Waals surface area (Å²) in [6.07, 6.45) is 1.07. The number of thioether (sulfide) groups is 1. The van der Waals surface area contributed by atoms with Crippen LogP contribution < -0.4 is 5.32 Å². The first-order valence-corrected chi connectivity index (χ1v) is 6.43. The summed E-state index contributed by atoms with van der Waals surface area (Å²) in [5.74, 6) is 2.14. The molecule has 4 heteroatoms. The number of halogens is 1. The molecule has 1 amide bonds. The average molecular weight is 242 g/mol. The van der Waals surface area contributed by atoms with Crippen molar-refractivity contribution in [1.29, 1.82) is 0 Å². The highest BCUT2D eigenvalue weighted by atomic mass is 35.5. The molecule has 0 aromatic heterocycles. The largest absolute Gasteiger partial charge is 0.348 e. The zero-order valence-electron chi connectivity index (χ0n) is 8.20. The fourth-order valence-corrected chi connectivity index (χ4v) is 2.89. The molecule has 0 radical (unpaired) electrons. The molecule has 1 fully saturated rings. The van der Waals surface area contributed by atoms with E-state index in [-0.39, 0.29) is 5.91 Å². The maximum absolute atomic E-state index is 11.8. The van der Waals surface area contributed by atoms with E-state index in [2.05, 4.69) is 5.32 Å². The smallest absolute Gasteiger partial charge is 0.251 e. The first-order valence-electron chi connectivity index (χ1n) is 4.90. The van der Waals surface area contributed by atoms with Crippen molar-refractivity contribution in [2.45, 2.75) is 12.5 Å². The third-order valence-electron chi connectivity index (χ3n) is 2.35. The molecule has 80 valence electrons. The van der Waals surface area contributed by atoms with Gasteiger partial charge in [-0.1, -0.05) is 17.7 Å². The third kappa shape index (κ3) is 2.89. The van der Waals surface area contributed by atoms with E-state index < -0.39 is 0 Å². The lowest BCUT2D eigenvalue weighted by Gasteiger charge is -2.11. The molecule has 1 saturated heterocycles. The van der Waals surface area contributed by atoms with Gasteiger partial charge in [0.25, 0.3) is 5.91 Å². The fraction of sp³-hybridized carbons (Fsp3) is 0.364. The Balaban J connectivity index is 2.01. The lowest BCUT2D eigenvalue weighted by Crippen LogP contribution is -2.34. The van der Waals surface area contributed by atoms with E-state index in [0.29, 0.717) is 16.6 Å². The van der Waals surface area contributed by atoms with E-state index in [4.69, 9.17) is 11.6 Å². The lowest BCUT2D eigenvalue weighted by atomic mass is 10.2. The number of carbonyl (C=O) groups is 1. The van der Waals surface area contributed by atoms with Crippen molar-refractivity contribution in [2.24, 2.45) is 0 Å². The molecule has 1 heterocycles. The molecular weight excluding hydrogens is 230 g/mol. The van der Waals surface area contributed by atoms with Gasteiger partial charge in [0, 0.05) is 22.4 Å². The van der Waals surface area contributed by atoms with Gasteiger partial charge >= 0.3 is 0 Å². The average Bonchev–Trinajstić information content (AvgIpc) is 2.70. The van der Waals surface area contributed by atoms with Crippen molar-refractivity contribution in [3.05, 3.63) is 34.9 Å². The van der Waals surface area contributed by atoms with Crippen LogP contribution in [-0.2, 0) is 0 Å². The van der Waals surface area contributed by atoms with Crippen LogP contribution in [-0.4, -0.2) is 23.5 Å². The molecule has 1 aliphatic heterocycles. The Morgan fingerprint density at radius 3 is 3.07 bits per heavy atom. The van der Waals surface area contributed by atoms with Gasteiger partial charge in [-0.15, -0.1) is 0 Å². The predicted molar refractivity (Wildman–Crippen MR) is 64.6 cm³/mol. The molecule has 1 aromatic rings. The minimum atomic E-state index is -0.0231. The van der Waals surface area contributed by atoms with Gasteiger partial charge in [-0.05, 0) is 30.4 Å². The summed E-state index contributed by atoms with van der Waals surface area (Å²) in [6.45, 7) is 0. The molecule has 15 heavy (non-hydrogen) atoms. The lowest BCUT2D eigenvalue weighted by molar-refractivity contribution is 0.0941. The molecule has 0 unspecified atom stereocenters. The number of carbonyl (C=O) groups excluding carboxylic acids is 1. The summed E-state index contributed by atoms with van der Waals surface area (Å²) in [5.41, 5.74) is 0.638. The van der Waals surface area contributed by atoms with Crippen LogP contribution in [0.1, 0.15) is 16.8 Å². The van der Waals surface area contributed by atoms with E-state index in [0.717, 1.165) is 17.9 Å². The summed E-state index contributed by atoms with van der Waals surface area (Å²) in [7, 11) is 0. The maximum Gasteiger partial charge on any atom is 0.251 e. The number of amides is 1. The molecule has 1 N–H and O–H groups in total. The molecule has 0 saturated carbocycles. The second-order valence-corrected chi connectivity index (χ2v) is 5.13. The zero-order chi connectivity index (χ0) is 10.7. The Morgan fingerprint density at radius 1 is 1.53 bits per heavy atom. The Labute approximate surface area is 98.4 Å². The van der Waals surface area contributed by atoms with Gasteiger partial charge in [-0.2, -0.15) is 11.8 Å². The van der Waals surface area contributed by atoms with E-state index in [1.165, 1.54) is 0 Å². The number of benzene rings is 1. The topological polar surface area (TPSA) is 29.1 Å². The quantitative estimate of drug-likeness (QED) is 0.862. The van der Waals surface area contributed by atoms with Crippen LogP contribution in [0.3, 0.4) is 0 Å². The standard InChI is InChI=1S/C11H12ClNOS/c12-9-3-1-2-8(6-9)11(14)13-10-4-5-15-7-10/h1-3,6,10H,4-5,7H2,(H,13,14)/t10-/m1/s1.